The minimum Gasteiger partial charge on any atom is -0.508 e. The number of unbranched alkanes of at least 4 members (excludes halogenated alkanes) is 1. The van der Waals surface area contributed by atoms with Crippen LogP contribution in [0.1, 0.15) is 109 Å². The molecule has 2 aromatic heterocycles. The second-order valence-corrected chi connectivity index (χ2v) is 24.3. The molecule has 0 fully saturated rings. The molecule has 8 amide bonds. The van der Waals surface area contributed by atoms with Crippen molar-refractivity contribution in [3.05, 3.63) is 132 Å². The van der Waals surface area contributed by atoms with E-state index in [-0.39, 0.29) is 74.8 Å². The van der Waals surface area contributed by atoms with Crippen LogP contribution in [0.5, 0.6) is 11.5 Å². The summed E-state index contributed by atoms with van der Waals surface area (Å²) in [4.78, 5) is 134. The average Bonchev–Trinajstić information content (AvgIpc) is 1.86. The minimum atomic E-state index is -1.44. The van der Waals surface area contributed by atoms with Crippen LogP contribution in [0.15, 0.2) is 109 Å². The van der Waals surface area contributed by atoms with Gasteiger partial charge in [0.1, 0.15) is 59.8 Å². The summed E-state index contributed by atoms with van der Waals surface area (Å²) in [5.74, 6) is -8.01. The Morgan fingerprint density at radius 3 is 1.38 bits per heavy atom. The van der Waals surface area contributed by atoms with Crippen LogP contribution in [-0.2, 0) is 68.8 Å². The van der Waals surface area contributed by atoms with E-state index in [2.05, 4.69) is 52.5 Å². The molecule has 0 unspecified atom stereocenters. The van der Waals surface area contributed by atoms with Crippen LogP contribution in [0.4, 0.5) is 0 Å². The van der Waals surface area contributed by atoms with Gasteiger partial charge in [-0.05, 0) is 128 Å². The lowest BCUT2D eigenvalue weighted by molar-refractivity contribution is -0.143. The van der Waals surface area contributed by atoms with Gasteiger partial charge in [-0.15, -0.1) is 0 Å². The highest BCUT2D eigenvalue weighted by molar-refractivity contribution is 5.99. The quantitative estimate of drug-likeness (QED) is 0.0251. The molecule has 4 aromatic carbocycles. The molecule has 24 nitrogen and oxygen atoms in total. The maximum atomic E-state index is 15.0. The molecule has 0 saturated carbocycles. The first kappa shape index (κ1) is 70.8. The first-order valence-corrected chi connectivity index (χ1v) is 31.1. The summed E-state index contributed by atoms with van der Waals surface area (Å²) < 4.78 is 0. The summed E-state index contributed by atoms with van der Waals surface area (Å²) in [5, 5.41) is 53.5. The lowest BCUT2D eigenvalue weighted by Gasteiger charge is -2.29. The number of fused-ring (bicyclic) bond motifs is 2. The third-order valence-corrected chi connectivity index (χ3v) is 16.0. The van der Waals surface area contributed by atoms with E-state index in [1.165, 1.54) is 31.2 Å². The number of aromatic amines is 2. The van der Waals surface area contributed by atoms with E-state index in [0.717, 1.165) is 21.8 Å². The highest BCUT2D eigenvalue weighted by Gasteiger charge is 2.36. The molecule has 0 aliphatic carbocycles. The van der Waals surface area contributed by atoms with Gasteiger partial charge >= 0.3 is 5.97 Å². The molecule has 2 heterocycles. The summed E-state index contributed by atoms with van der Waals surface area (Å²) in [6, 6.07) is 15.3. The van der Waals surface area contributed by atoms with Gasteiger partial charge in [0.15, 0.2) is 0 Å². The zero-order valence-corrected chi connectivity index (χ0v) is 52.8. The number of phenols is 2. The average molecular weight is 1260 g/mol. The van der Waals surface area contributed by atoms with Gasteiger partial charge in [-0.2, -0.15) is 0 Å². The maximum absolute atomic E-state index is 15.0. The number of carbonyl (C=O) groups is 9. The predicted molar refractivity (Wildman–Crippen MR) is 346 cm³/mol. The van der Waals surface area contributed by atoms with Gasteiger partial charge in [0.25, 0.3) is 0 Å². The number of carbonyl (C=O) groups excluding carboxylic acids is 8. The lowest BCUT2D eigenvalue weighted by atomic mass is 9.96. The number of amides is 8. The van der Waals surface area contributed by atoms with E-state index < -0.39 is 114 Å². The Labute approximate surface area is 530 Å². The number of benzene rings is 4. The fourth-order valence-corrected chi connectivity index (χ4v) is 10.7. The van der Waals surface area contributed by atoms with Crippen molar-refractivity contribution < 1.29 is 58.5 Å². The number of para-hydroxylation sites is 2. The number of nitrogens with one attached hydrogen (secondary N) is 10. The van der Waals surface area contributed by atoms with E-state index in [1.807, 2.05) is 77.1 Å². The number of aromatic hydroxyl groups is 2. The summed E-state index contributed by atoms with van der Waals surface area (Å²) >= 11 is 0. The first-order chi connectivity index (χ1) is 43.3. The third-order valence-electron chi connectivity index (χ3n) is 16.0. The monoisotopic (exact) mass is 1250 g/mol. The van der Waals surface area contributed by atoms with Gasteiger partial charge in [-0.1, -0.05) is 109 Å². The Morgan fingerprint density at radius 2 is 0.879 bits per heavy atom. The zero-order valence-electron chi connectivity index (χ0n) is 52.8. The summed E-state index contributed by atoms with van der Waals surface area (Å²) in [6.45, 7) is 12.5. The molecular formula is C67H90N12O12. The van der Waals surface area contributed by atoms with Crippen molar-refractivity contribution in [1.29, 1.82) is 0 Å². The molecule has 0 saturated heterocycles. The van der Waals surface area contributed by atoms with Crippen LogP contribution in [0.3, 0.4) is 0 Å². The van der Waals surface area contributed by atoms with Crippen LogP contribution in [0.25, 0.3) is 21.8 Å². The number of hydrogen-bond acceptors (Lipinski definition) is 13. The SMILES string of the molecule is CC[C@H](C)[C@H](NC(=O)[C@H](Cc1c[nH]c2ccccc12)NC(=O)[C@@H](N)Cc1ccc(O)cc1)C(=O)N[C@@H](C)C(=O)N[C@@H](Cc1c[nH]c2ccccc12)C(=O)N[C@@H](Cc1ccc(O)cc1)C(=O)N[C@@H](CCCCN)C(=O)N[C@@H](CC(C)C)C(=O)N[C@@H](CC(C)C)C(=O)O. The fourth-order valence-electron chi connectivity index (χ4n) is 10.7. The van der Waals surface area contributed by atoms with Crippen molar-refractivity contribution in [3.63, 3.8) is 0 Å². The molecule has 17 N–H and O–H groups in total. The Balaban J connectivity index is 1.25. The van der Waals surface area contributed by atoms with Crippen LogP contribution >= 0.6 is 0 Å². The highest BCUT2D eigenvalue weighted by Crippen LogP contribution is 2.23. The van der Waals surface area contributed by atoms with Crippen molar-refractivity contribution >= 4 is 75.0 Å². The zero-order chi connectivity index (χ0) is 66.5. The van der Waals surface area contributed by atoms with Crippen LogP contribution in [0.2, 0.25) is 0 Å². The van der Waals surface area contributed by atoms with E-state index in [9.17, 15) is 53.7 Å². The number of carboxylic acids is 1. The number of rotatable bonds is 35. The van der Waals surface area contributed by atoms with Gasteiger partial charge in [-0.3, -0.25) is 38.4 Å². The molecule has 490 valence electrons. The largest absolute Gasteiger partial charge is 0.508 e. The third kappa shape index (κ3) is 21.2. The number of aliphatic carboxylic acids is 1. The van der Waals surface area contributed by atoms with Crippen LogP contribution in [-0.4, -0.2) is 139 Å². The number of phenolic OH excluding ortho intramolecular Hbond substituents is 2. The molecule has 0 aliphatic heterocycles. The van der Waals surface area contributed by atoms with Crippen LogP contribution < -0.4 is 54.0 Å². The molecular weight excluding hydrogens is 1160 g/mol. The van der Waals surface area contributed by atoms with E-state index in [4.69, 9.17) is 11.5 Å². The van der Waals surface area contributed by atoms with Crippen LogP contribution in [0, 0.1) is 17.8 Å². The standard InChI is InChI=1S/C67H90N12O12/c1-8-39(6)58(79-65(88)56(34-44-36-71-51-18-12-10-16-48(44)51)75-60(83)49(69)31-41-20-24-45(80)25-21-41)66(89)72-40(7)59(82)74-55(33-43-35-70-50-17-11-9-15-47(43)50)64(87)77-54(32-42-22-26-46(81)27-23-42)63(86)73-52(19-13-14-28-68)61(84)76-53(29-37(2)3)62(85)78-57(67(90)91)30-38(4)5/h9-12,15-18,20-27,35-40,49,52-58,70-71,80-81H,8,13-14,19,28-34,68-69H2,1-7H3,(H,72,89)(H,73,86)(H,74,82)(H,75,83)(H,76,84)(H,77,87)(H,78,85)(H,79,88)(H,90,91)/t39-,40-,49-,52-,53-,54-,55-,56-,57-,58-/m0/s1. The molecule has 0 bridgehead atoms. The number of aromatic nitrogens is 2. The normalized spacial score (nSPS) is 14.8. The Kier molecular flexibility index (Phi) is 26.5. The van der Waals surface area contributed by atoms with E-state index in [0.29, 0.717) is 41.5 Å². The Hall–Kier alpha value is -9.29. The predicted octanol–water partition coefficient (Wildman–Crippen LogP) is 3.91. The highest BCUT2D eigenvalue weighted by atomic mass is 16.4. The molecule has 0 radical (unpaired) electrons. The molecule has 0 spiro atoms. The maximum Gasteiger partial charge on any atom is 0.326 e. The molecule has 24 heteroatoms. The number of hydrogen-bond donors (Lipinski definition) is 15. The summed E-state index contributed by atoms with van der Waals surface area (Å²) in [5.41, 5.74) is 16.2. The Morgan fingerprint density at radius 1 is 0.462 bits per heavy atom. The van der Waals surface area contributed by atoms with Gasteiger partial charge in [0.05, 0.1) is 6.04 Å². The molecule has 10 atom stereocenters. The number of carboxylic acid groups (broad SMARTS) is 1. The van der Waals surface area contributed by atoms with E-state index >= 15 is 4.79 Å². The molecule has 6 rings (SSSR count). The Bertz CT molecular complexity index is 3440. The van der Waals surface area contributed by atoms with Gasteiger partial charge < -0.3 is 79.3 Å². The number of H-pyrrole nitrogens is 2. The van der Waals surface area contributed by atoms with Crippen molar-refractivity contribution in [2.45, 2.75) is 167 Å². The van der Waals surface area contributed by atoms with Crippen molar-refractivity contribution in [2.75, 3.05) is 6.54 Å². The second-order valence-electron chi connectivity index (χ2n) is 24.3. The first-order valence-electron chi connectivity index (χ1n) is 31.1. The van der Waals surface area contributed by atoms with Gasteiger partial charge in [0.2, 0.25) is 47.3 Å². The van der Waals surface area contributed by atoms with Crippen molar-refractivity contribution in [3.8, 4) is 11.5 Å². The van der Waals surface area contributed by atoms with E-state index in [1.54, 1.807) is 49.6 Å². The minimum absolute atomic E-state index is 0.00116. The smallest absolute Gasteiger partial charge is 0.326 e. The van der Waals surface area contributed by atoms with Gasteiger partial charge in [0, 0.05) is 53.5 Å². The molecule has 6 aromatic rings. The van der Waals surface area contributed by atoms with Crippen molar-refractivity contribution in [1.82, 2.24) is 52.5 Å². The second kappa shape index (κ2) is 34.1. The number of nitrogens with two attached hydrogens (primary N) is 2. The van der Waals surface area contributed by atoms with Crippen molar-refractivity contribution in [2.24, 2.45) is 29.2 Å². The molecule has 0 aliphatic rings. The molecule has 91 heavy (non-hydrogen) atoms. The fraction of sp³-hybridized carbons (Fsp3) is 0.448. The van der Waals surface area contributed by atoms with Gasteiger partial charge in [-0.25, -0.2) is 4.79 Å². The summed E-state index contributed by atoms with van der Waals surface area (Å²) in [7, 11) is 0. The topological polar surface area (TPSA) is 394 Å². The summed E-state index contributed by atoms with van der Waals surface area (Å²) in [6.07, 6.45) is 4.74. The lowest BCUT2D eigenvalue weighted by Crippen LogP contribution is -2.61.